The summed E-state index contributed by atoms with van der Waals surface area (Å²) in [5.74, 6) is 0.0247. The number of carbonyl (C=O) groups excluding carboxylic acids is 1. The Morgan fingerprint density at radius 1 is 1.20 bits per heavy atom. The van der Waals surface area contributed by atoms with E-state index in [0.717, 1.165) is 46.3 Å². The van der Waals surface area contributed by atoms with Crippen molar-refractivity contribution in [2.75, 3.05) is 13.1 Å². The van der Waals surface area contributed by atoms with Crippen molar-refractivity contribution in [3.8, 4) is 11.1 Å². The van der Waals surface area contributed by atoms with E-state index in [9.17, 15) is 4.79 Å². The molecule has 4 rings (SSSR count). The van der Waals surface area contributed by atoms with Gasteiger partial charge in [-0.3, -0.25) is 4.79 Å². The van der Waals surface area contributed by atoms with Gasteiger partial charge in [-0.05, 0) is 29.2 Å². The molecule has 3 heterocycles. The number of hydrogen-bond donors (Lipinski definition) is 3. The van der Waals surface area contributed by atoms with Crippen molar-refractivity contribution in [1.29, 1.82) is 0 Å². The molecule has 0 spiro atoms. The SMILES string of the molecule is CCc1c(Cl)[nH]c2ncc(-c3ccc(C4NCCNC4=O)cc3)cc12. The standard InChI is InChI=1S/C19H19ClN4O/c1-2-14-15-9-13(10-23-18(15)24-17(14)20)11-3-5-12(6-4-11)16-19(25)22-8-7-21-16/h3-6,9-10,16,21H,2,7-8H2,1H3,(H,22,25)(H,23,24). The van der Waals surface area contributed by atoms with Gasteiger partial charge in [0.1, 0.15) is 16.8 Å². The number of H-pyrrole nitrogens is 1. The smallest absolute Gasteiger partial charge is 0.241 e. The van der Waals surface area contributed by atoms with Gasteiger partial charge < -0.3 is 15.6 Å². The predicted octanol–water partition coefficient (Wildman–Crippen LogP) is 3.21. The van der Waals surface area contributed by atoms with Crippen LogP contribution in [0.15, 0.2) is 36.5 Å². The summed E-state index contributed by atoms with van der Waals surface area (Å²) in [6.45, 7) is 3.54. The zero-order valence-corrected chi connectivity index (χ0v) is 14.7. The van der Waals surface area contributed by atoms with E-state index in [-0.39, 0.29) is 11.9 Å². The first-order valence-corrected chi connectivity index (χ1v) is 8.82. The van der Waals surface area contributed by atoms with Crippen LogP contribution in [-0.2, 0) is 11.2 Å². The largest absolute Gasteiger partial charge is 0.353 e. The lowest BCUT2D eigenvalue weighted by Gasteiger charge is -2.23. The Labute approximate surface area is 150 Å². The van der Waals surface area contributed by atoms with Gasteiger partial charge in [0.05, 0.1) is 0 Å². The molecule has 128 valence electrons. The highest BCUT2D eigenvalue weighted by Gasteiger charge is 2.22. The Bertz CT molecular complexity index is 932. The lowest BCUT2D eigenvalue weighted by atomic mass is 9.99. The minimum atomic E-state index is -0.279. The van der Waals surface area contributed by atoms with Crippen LogP contribution in [0.1, 0.15) is 24.1 Å². The fraction of sp³-hybridized carbons (Fsp3) is 0.263. The van der Waals surface area contributed by atoms with Crippen LogP contribution in [0.2, 0.25) is 5.15 Å². The first-order valence-electron chi connectivity index (χ1n) is 8.45. The number of benzene rings is 1. The highest BCUT2D eigenvalue weighted by molar-refractivity contribution is 6.31. The average molecular weight is 355 g/mol. The summed E-state index contributed by atoms with van der Waals surface area (Å²) < 4.78 is 0. The van der Waals surface area contributed by atoms with Crippen LogP contribution in [0.5, 0.6) is 0 Å². The van der Waals surface area contributed by atoms with Crippen LogP contribution in [0.3, 0.4) is 0 Å². The van der Waals surface area contributed by atoms with Crippen LogP contribution in [0.4, 0.5) is 0 Å². The first-order chi connectivity index (χ1) is 12.2. The summed E-state index contributed by atoms with van der Waals surface area (Å²) in [7, 11) is 0. The minimum absolute atomic E-state index is 0.0247. The lowest BCUT2D eigenvalue weighted by molar-refractivity contribution is -0.124. The number of aromatic amines is 1. The number of hydrogen-bond acceptors (Lipinski definition) is 3. The molecule has 0 radical (unpaired) electrons. The maximum atomic E-state index is 12.0. The summed E-state index contributed by atoms with van der Waals surface area (Å²) in [5.41, 5.74) is 4.96. The van der Waals surface area contributed by atoms with E-state index in [0.29, 0.717) is 11.7 Å². The molecule has 0 aliphatic carbocycles. The van der Waals surface area contributed by atoms with Crippen LogP contribution in [-0.4, -0.2) is 29.0 Å². The van der Waals surface area contributed by atoms with Gasteiger partial charge >= 0.3 is 0 Å². The average Bonchev–Trinajstić information content (AvgIpc) is 2.96. The minimum Gasteiger partial charge on any atom is -0.353 e. The number of fused-ring (bicyclic) bond motifs is 1. The van der Waals surface area contributed by atoms with Crippen molar-refractivity contribution in [3.63, 3.8) is 0 Å². The zero-order chi connectivity index (χ0) is 17.4. The molecule has 1 atom stereocenters. The third kappa shape index (κ3) is 2.90. The molecule has 6 heteroatoms. The van der Waals surface area contributed by atoms with E-state index < -0.39 is 0 Å². The Balaban J connectivity index is 1.68. The lowest BCUT2D eigenvalue weighted by Crippen LogP contribution is -2.47. The molecule has 1 unspecified atom stereocenters. The molecule has 1 aliphatic rings. The summed E-state index contributed by atoms with van der Waals surface area (Å²) in [5, 5.41) is 7.84. The van der Waals surface area contributed by atoms with Gasteiger partial charge in [0.25, 0.3) is 0 Å². The Hall–Kier alpha value is -2.37. The Kier molecular flexibility index (Phi) is 4.19. The van der Waals surface area contributed by atoms with Gasteiger partial charge in [0.15, 0.2) is 0 Å². The molecule has 2 aromatic heterocycles. The van der Waals surface area contributed by atoms with Crippen molar-refractivity contribution < 1.29 is 4.79 Å². The van der Waals surface area contributed by atoms with E-state index in [4.69, 9.17) is 11.6 Å². The number of nitrogens with zero attached hydrogens (tertiary/aromatic N) is 1. The molecular weight excluding hydrogens is 336 g/mol. The molecule has 25 heavy (non-hydrogen) atoms. The maximum Gasteiger partial charge on any atom is 0.241 e. The molecule has 0 bridgehead atoms. The molecule has 1 aliphatic heterocycles. The Morgan fingerprint density at radius 2 is 2.00 bits per heavy atom. The van der Waals surface area contributed by atoms with Crippen molar-refractivity contribution in [2.45, 2.75) is 19.4 Å². The summed E-state index contributed by atoms with van der Waals surface area (Å²) in [6, 6.07) is 9.88. The third-order valence-corrected chi connectivity index (χ3v) is 4.99. The number of pyridine rings is 1. The van der Waals surface area contributed by atoms with Crippen molar-refractivity contribution in [3.05, 3.63) is 52.8 Å². The second kappa shape index (κ2) is 6.50. The summed E-state index contributed by atoms with van der Waals surface area (Å²) in [4.78, 5) is 19.6. The number of piperazine rings is 1. The van der Waals surface area contributed by atoms with Gasteiger partial charge in [0, 0.05) is 30.2 Å². The van der Waals surface area contributed by atoms with Crippen LogP contribution < -0.4 is 10.6 Å². The van der Waals surface area contributed by atoms with E-state index in [2.05, 4.69) is 33.6 Å². The molecule has 1 amide bonds. The van der Waals surface area contributed by atoms with Crippen molar-refractivity contribution >= 4 is 28.5 Å². The first kappa shape index (κ1) is 16.1. The van der Waals surface area contributed by atoms with Gasteiger partial charge in [-0.25, -0.2) is 4.98 Å². The fourth-order valence-corrected chi connectivity index (χ4v) is 3.65. The maximum absolute atomic E-state index is 12.0. The second-order valence-electron chi connectivity index (χ2n) is 6.19. The number of carbonyl (C=O) groups is 1. The third-order valence-electron chi connectivity index (χ3n) is 4.67. The molecule has 1 saturated heterocycles. The normalized spacial score (nSPS) is 17.7. The number of aryl methyl sites for hydroxylation is 1. The van der Waals surface area contributed by atoms with Gasteiger partial charge in [-0.1, -0.05) is 42.8 Å². The van der Waals surface area contributed by atoms with Gasteiger partial charge in [-0.2, -0.15) is 0 Å². The highest BCUT2D eigenvalue weighted by atomic mass is 35.5. The van der Waals surface area contributed by atoms with E-state index in [1.165, 1.54) is 0 Å². The number of amides is 1. The second-order valence-corrected chi connectivity index (χ2v) is 6.57. The van der Waals surface area contributed by atoms with E-state index >= 15 is 0 Å². The van der Waals surface area contributed by atoms with Crippen LogP contribution in [0, 0.1) is 0 Å². The van der Waals surface area contributed by atoms with E-state index in [1.54, 1.807) is 0 Å². The molecule has 1 aromatic carbocycles. The molecule has 5 nitrogen and oxygen atoms in total. The van der Waals surface area contributed by atoms with Gasteiger partial charge in [0.2, 0.25) is 5.91 Å². The van der Waals surface area contributed by atoms with Crippen molar-refractivity contribution in [1.82, 2.24) is 20.6 Å². The van der Waals surface area contributed by atoms with E-state index in [1.807, 2.05) is 30.5 Å². The van der Waals surface area contributed by atoms with Crippen LogP contribution >= 0.6 is 11.6 Å². The number of aromatic nitrogens is 2. The number of rotatable bonds is 3. The van der Waals surface area contributed by atoms with Crippen molar-refractivity contribution in [2.24, 2.45) is 0 Å². The van der Waals surface area contributed by atoms with Gasteiger partial charge in [-0.15, -0.1) is 0 Å². The summed E-state index contributed by atoms with van der Waals surface area (Å²) in [6.07, 6.45) is 2.69. The molecule has 3 aromatic rings. The predicted molar refractivity (Wildman–Crippen MR) is 99.7 cm³/mol. The monoisotopic (exact) mass is 354 g/mol. The highest BCUT2D eigenvalue weighted by Crippen LogP contribution is 2.30. The summed E-state index contributed by atoms with van der Waals surface area (Å²) >= 11 is 6.25. The molecule has 0 saturated carbocycles. The molecule has 1 fully saturated rings. The number of nitrogens with one attached hydrogen (secondary N) is 3. The topological polar surface area (TPSA) is 69.8 Å². The zero-order valence-electron chi connectivity index (χ0n) is 13.9. The quantitative estimate of drug-likeness (QED) is 0.676. The van der Waals surface area contributed by atoms with Crippen LogP contribution in [0.25, 0.3) is 22.2 Å². The number of halogens is 1. The molecular formula is C19H19ClN4O. The Morgan fingerprint density at radius 3 is 2.72 bits per heavy atom. The molecule has 3 N–H and O–H groups in total. The fourth-order valence-electron chi connectivity index (χ4n) is 3.33.